The highest BCUT2D eigenvalue weighted by atomic mass is 32.2. The average Bonchev–Trinajstić information content (AvgIpc) is 2.90. The van der Waals surface area contributed by atoms with Gasteiger partial charge < -0.3 is 10.2 Å². The van der Waals surface area contributed by atoms with E-state index in [-0.39, 0.29) is 34.9 Å². The van der Waals surface area contributed by atoms with Crippen LogP contribution in [-0.2, 0) is 20.8 Å². The van der Waals surface area contributed by atoms with E-state index in [1.807, 2.05) is 37.2 Å². The topological polar surface area (TPSA) is 66.5 Å². The molecule has 2 aliphatic heterocycles. The Balaban J connectivity index is 1.72. The van der Waals surface area contributed by atoms with Crippen molar-refractivity contribution in [3.63, 3.8) is 0 Å². The number of piperidine rings is 1. The lowest BCUT2D eigenvalue weighted by Gasteiger charge is -2.40. The highest BCUT2D eigenvalue weighted by Crippen LogP contribution is 2.34. The van der Waals surface area contributed by atoms with Gasteiger partial charge in [-0.05, 0) is 56.8 Å². The van der Waals surface area contributed by atoms with Crippen LogP contribution in [0.2, 0.25) is 13.1 Å². The number of hydrogen-bond donors (Lipinski definition) is 1. The molecule has 7 heteroatoms. The maximum Gasteiger partial charge on any atom is 0.246 e. The summed E-state index contributed by atoms with van der Waals surface area (Å²) in [4.78, 5) is 40.5. The minimum atomic E-state index is -0.543. The van der Waals surface area contributed by atoms with Gasteiger partial charge in [0, 0.05) is 5.92 Å². The predicted molar refractivity (Wildman–Crippen MR) is 123 cm³/mol. The SMILES string of the molecule is C[B]CC[C@@H](Cc1ccccc1)C(=O)N[C@H]1CCS[C@H]2CCC[C@@H](C(C)=O)N2C1=O. The fourth-order valence-corrected chi connectivity index (χ4v) is 5.85. The lowest BCUT2D eigenvalue weighted by molar-refractivity contribution is -0.144. The summed E-state index contributed by atoms with van der Waals surface area (Å²) in [5.74, 6) is 0.543. The Morgan fingerprint density at radius 2 is 2.00 bits per heavy atom. The Hall–Kier alpha value is -1.76. The first-order chi connectivity index (χ1) is 14.5. The fraction of sp³-hybridized carbons (Fsp3) is 0.609. The zero-order chi connectivity index (χ0) is 21.5. The molecule has 2 fully saturated rings. The van der Waals surface area contributed by atoms with E-state index in [0.717, 1.165) is 43.3 Å². The van der Waals surface area contributed by atoms with Crippen LogP contribution in [0.5, 0.6) is 0 Å². The zero-order valence-corrected chi connectivity index (χ0v) is 18.8. The van der Waals surface area contributed by atoms with E-state index in [1.54, 1.807) is 23.6 Å². The van der Waals surface area contributed by atoms with Gasteiger partial charge in [0.05, 0.1) is 11.4 Å². The average molecular weight is 427 g/mol. The van der Waals surface area contributed by atoms with Crippen LogP contribution < -0.4 is 5.32 Å². The van der Waals surface area contributed by atoms with Gasteiger partial charge in [-0.25, -0.2) is 0 Å². The number of carbonyl (C=O) groups excluding carboxylic acids is 3. The molecular formula is C23H32BN2O3S. The van der Waals surface area contributed by atoms with Gasteiger partial charge in [-0.15, -0.1) is 11.8 Å². The van der Waals surface area contributed by atoms with Gasteiger partial charge in [0.2, 0.25) is 11.8 Å². The van der Waals surface area contributed by atoms with Crippen LogP contribution in [0.1, 0.15) is 44.6 Å². The van der Waals surface area contributed by atoms with Gasteiger partial charge in [0.25, 0.3) is 0 Å². The normalized spacial score (nSPS) is 25.1. The highest BCUT2D eigenvalue weighted by molar-refractivity contribution is 7.99. The first kappa shape index (κ1) is 22.9. The first-order valence-electron chi connectivity index (χ1n) is 11.1. The third-order valence-electron chi connectivity index (χ3n) is 6.13. The van der Waals surface area contributed by atoms with Crippen molar-refractivity contribution in [2.24, 2.45) is 5.92 Å². The van der Waals surface area contributed by atoms with Crippen LogP contribution in [0.4, 0.5) is 0 Å². The summed E-state index contributed by atoms with van der Waals surface area (Å²) in [6, 6.07) is 9.13. The Labute approximate surface area is 185 Å². The Morgan fingerprint density at radius 1 is 1.23 bits per heavy atom. The zero-order valence-electron chi connectivity index (χ0n) is 18.0. The van der Waals surface area contributed by atoms with Crippen molar-refractivity contribution in [1.29, 1.82) is 0 Å². The molecule has 0 aromatic heterocycles. The molecule has 2 heterocycles. The van der Waals surface area contributed by atoms with Gasteiger partial charge in [-0.2, -0.15) is 0 Å². The van der Waals surface area contributed by atoms with Crippen LogP contribution >= 0.6 is 11.8 Å². The predicted octanol–water partition coefficient (Wildman–Crippen LogP) is 3.32. The number of Topliss-reactive ketones (excluding diaryl/α,β-unsaturated/α-hetero) is 1. The number of amides is 2. The van der Waals surface area contributed by atoms with Crippen LogP contribution in [0.25, 0.3) is 0 Å². The number of rotatable bonds is 8. The number of carbonyl (C=O) groups is 3. The molecule has 0 bridgehead atoms. The molecule has 2 amide bonds. The van der Waals surface area contributed by atoms with Crippen LogP contribution in [0.15, 0.2) is 30.3 Å². The second-order valence-corrected chi connectivity index (χ2v) is 9.64. The maximum absolute atomic E-state index is 13.4. The van der Waals surface area contributed by atoms with Gasteiger partial charge in [0.1, 0.15) is 13.3 Å². The minimum absolute atomic E-state index is 0.0427. The second kappa shape index (κ2) is 11.0. The van der Waals surface area contributed by atoms with Gasteiger partial charge >= 0.3 is 0 Å². The minimum Gasteiger partial charge on any atom is -0.344 e. The number of benzene rings is 1. The number of fused-ring (bicyclic) bond motifs is 1. The molecule has 0 unspecified atom stereocenters. The van der Waals surface area contributed by atoms with E-state index in [2.05, 4.69) is 12.6 Å². The van der Waals surface area contributed by atoms with Crippen molar-refractivity contribution in [2.75, 3.05) is 5.75 Å². The van der Waals surface area contributed by atoms with Crippen molar-refractivity contribution >= 4 is 36.6 Å². The van der Waals surface area contributed by atoms with Gasteiger partial charge in [-0.1, -0.05) is 43.5 Å². The van der Waals surface area contributed by atoms with E-state index < -0.39 is 6.04 Å². The van der Waals surface area contributed by atoms with Crippen molar-refractivity contribution in [3.8, 4) is 0 Å². The Morgan fingerprint density at radius 3 is 2.70 bits per heavy atom. The van der Waals surface area contributed by atoms with E-state index in [1.165, 1.54) is 0 Å². The number of ketones is 1. The van der Waals surface area contributed by atoms with Gasteiger partial charge in [0.15, 0.2) is 5.78 Å². The highest BCUT2D eigenvalue weighted by Gasteiger charge is 2.42. The third-order valence-corrected chi connectivity index (χ3v) is 7.45. The van der Waals surface area contributed by atoms with Crippen LogP contribution in [-0.4, -0.2) is 53.0 Å². The number of thioether (sulfide) groups is 1. The molecule has 4 atom stereocenters. The summed E-state index contributed by atoms with van der Waals surface area (Å²) in [6.45, 7) is 3.57. The fourth-order valence-electron chi connectivity index (χ4n) is 4.46. The van der Waals surface area contributed by atoms with E-state index in [4.69, 9.17) is 0 Å². The molecular weight excluding hydrogens is 395 g/mol. The summed E-state index contributed by atoms with van der Waals surface area (Å²) >= 11 is 1.75. The third kappa shape index (κ3) is 5.68. The Kier molecular flexibility index (Phi) is 8.43. The molecule has 1 aromatic carbocycles. The van der Waals surface area contributed by atoms with Crippen LogP contribution in [0, 0.1) is 5.92 Å². The van der Waals surface area contributed by atoms with Gasteiger partial charge in [-0.3, -0.25) is 14.4 Å². The molecule has 3 rings (SSSR count). The van der Waals surface area contributed by atoms with Crippen LogP contribution in [0.3, 0.4) is 0 Å². The lowest BCUT2D eigenvalue weighted by Crippen LogP contribution is -2.57. The van der Waals surface area contributed by atoms with E-state index in [9.17, 15) is 14.4 Å². The molecule has 2 saturated heterocycles. The monoisotopic (exact) mass is 427 g/mol. The molecule has 2 aliphatic rings. The molecule has 30 heavy (non-hydrogen) atoms. The molecule has 1 N–H and O–H groups in total. The molecule has 0 aliphatic carbocycles. The molecule has 1 radical (unpaired) electrons. The number of nitrogens with one attached hydrogen (secondary N) is 1. The lowest BCUT2D eigenvalue weighted by atomic mass is 9.73. The maximum atomic E-state index is 13.4. The second-order valence-electron chi connectivity index (χ2n) is 8.35. The first-order valence-corrected chi connectivity index (χ1v) is 12.1. The molecule has 0 saturated carbocycles. The summed E-state index contributed by atoms with van der Waals surface area (Å²) < 4.78 is 0. The molecule has 5 nitrogen and oxygen atoms in total. The largest absolute Gasteiger partial charge is 0.344 e. The molecule has 0 spiro atoms. The molecule has 1 aromatic rings. The van der Waals surface area contributed by atoms with E-state index >= 15 is 0 Å². The molecule has 161 valence electrons. The number of hydrogen-bond acceptors (Lipinski definition) is 4. The standard InChI is InChI=1S/C23H32BN2O3S/c1-16(27)20-9-6-10-21-26(20)23(29)19(12-14-30-21)25-22(28)18(11-13-24-2)15-17-7-4-3-5-8-17/h3-5,7-8,18-21H,6,9-15H2,1-2H3,(H,25,28)/t18-,19-,20-,21-/m0/s1. The quantitative estimate of drug-likeness (QED) is 0.647. The van der Waals surface area contributed by atoms with E-state index in [0.29, 0.717) is 12.8 Å². The van der Waals surface area contributed by atoms with Crippen molar-refractivity contribution in [2.45, 2.75) is 76.0 Å². The van der Waals surface area contributed by atoms with Crippen molar-refractivity contribution < 1.29 is 14.4 Å². The Bertz CT molecular complexity index is 745. The summed E-state index contributed by atoms with van der Waals surface area (Å²) in [5, 5.41) is 3.11. The van der Waals surface area contributed by atoms with Crippen molar-refractivity contribution in [1.82, 2.24) is 10.2 Å². The van der Waals surface area contributed by atoms with Crippen molar-refractivity contribution in [3.05, 3.63) is 35.9 Å². The summed E-state index contributed by atoms with van der Waals surface area (Å²) in [6.07, 6.45) is 5.51. The number of nitrogens with zero attached hydrogens (tertiary/aromatic N) is 1. The summed E-state index contributed by atoms with van der Waals surface area (Å²) in [5.41, 5.74) is 1.13. The smallest absolute Gasteiger partial charge is 0.246 e. The summed E-state index contributed by atoms with van der Waals surface area (Å²) in [7, 11) is 2.08.